The number of imidazole rings is 2. The number of thioether (sulfide) groups is 2. The number of amides is 4. The summed E-state index contributed by atoms with van der Waals surface area (Å²) in [6, 6.07) is 11.0. The topological polar surface area (TPSA) is 261 Å². The minimum Gasteiger partial charge on any atom is -0.361 e. The standard InChI is InChI=1S/C28H33FN8O3SSi.C20H27BrN6O3Si.C9H9FN2S/c1-17(27(39)35-12-18(10-30)13-35)32-26(38)20-15-36(16-40-8-9-42(3,4)5)25-23(20)33-21(11-31-25)24-22-7-6-19(29)14-37(22)28(34-24)41-2;1-13(20(29)26-9-14(7-22)10-26)24-19(28)15-11-27(12-30-5-6-31(2,3)4)18-17(15)25-16(21)8-23-18;1-6-8-4-3-7(10)5-12(8)9(11-6)13-2/h6-7,11,14-15,17-18H,8-9,12-13,16H2,1-5H3,(H,32,38);8,11,13-14H,5-6,9-10,12H2,1-4H3,(H,24,28);3-5H,1-2H3/t17-;13-;/m11./s1. The van der Waals surface area contributed by atoms with Crippen molar-refractivity contribution in [2.45, 2.75) is 108 Å². The molecule has 2 atom stereocenters. The summed E-state index contributed by atoms with van der Waals surface area (Å²) in [7, 11) is -2.49. The van der Waals surface area contributed by atoms with Crippen molar-refractivity contribution in [3.05, 3.63) is 94.5 Å². The Morgan fingerprint density at radius 2 is 1.12 bits per heavy atom. The van der Waals surface area contributed by atoms with Crippen LogP contribution in [-0.4, -0.2) is 161 Å². The number of rotatable bonds is 19. The molecule has 0 aliphatic carbocycles. The van der Waals surface area contributed by atoms with E-state index in [1.165, 1.54) is 48.1 Å². The van der Waals surface area contributed by atoms with Crippen LogP contribution in [-0.2, 0) is 32.5 Å². The van der Waals surface area contributed by atoms with Crippen molar-refractivity contribution in [1.29, 1.82) is 10.5 Å². The van der Waals surface area contributed by atoms with Crippen LogP contribution >= 0.6 is 39.5 Å². The van der Waals surface area contributed by atoms with E-state index in [4.69, 9.17) is 25.0 Å². The number of carbonyl (C=O) groups excluding carboxylic acids is 4. The fourth-order valence-corrected chi connectivity index (χ4v) is 12.1. The third kappa shape index (κ3) is 15.5. The number of ether oxygens (including phenoxy) is 2. The number of halogens is 3. The summed E-state index contributed by atoms with van der Waals surface area (Å²) in [6.45, 7) is 22.1. The first-order valence-electron chi connectivity index (χ1n) is 27.7. The maximum Gasteiger partial charge on any atom is 0.255 e. The number of carbonyl (C=O) groups is 4. The van der Waals surface area contributed by atoms with Gasteiger partial charge in [0.15, 0.2) is 21.6 Å². The Labute approximate surface area is 515 Å². The number of pyridine rings is 2. The molecule has 4 amide bonds. The van der Waals surface area contributed by atoms with Crippen molar-refractivity contribution in [2.75, 3.05) is 51.9 Å². The van der Waals surface area contributed by atoms with Crippen LogP contribution in [0, 0.1) is 53.1 Å². The first kappa shape index (κ1) is 64.9. The maximum atomic E-state index is 14.0. The van der Waals surface area contributed by atoms with E-state index in [1.54, 1.807) is 78.5 Å². The van der Waals surface area contributed by atoms with E-state index in [-0.39, 0.29) is 48.5 Å². The molecule has 2 saturated heterocycles. The molecule has 86 heavy (non-hydrogen) atoms. The molecular formula is C57H69BrF2N16O6S2Si2. The normalized spacial score (nSPS) is 14.4. The number of hydrogen-bond donors (Lipinski definition) is 2. The smallest absolute Gasteiger partial charge is 0.255 e. The summed E-state index contributed by atoms with van der Waals surface area (Å²) >= 11 is 6.19. The average Bonchev–Trinajstić information content (AvgIpc) is 1.77. The zero-order valence-electron chi connectivity index (χ0n) is 49.8. The first-order chi connectivity index (χ1) is 40.8. The molecule has 2 N–H and O–H groups in total. The zero-order valence-corrected chi connectivity index (χ0v) is 55.0. The van der Waals surface area contributed by atoms with Gasteiger partial charge in [-0.05, 0) is 85.6 Å². The average molecular weight is 1310 g/mol. The van der Waals surface area contributed by atoms with Gasteiger partial charge in [-0.15, -0.1) is 0 Å². The number of likely N-dealkylation sites (tertiary alicyclic amines) is 2. The van der Waals surface area contributed by atoms with Gasteiger partial charge in [-0.1, -0.05) is 62.8 Å². The molecule has 2 aliphatic heterocycles. The number of nitrogens with zero attached hydrogens (tertiary/aromatic N) is 14. The minimum absolute atomic E-state index is 0.126. The van der Waals surface area contributed by atoms with Crippen molar-refractivity contribution < 1.29 is 37.4 Å². The SMILES string of the molecule is CSc1nc(-c2cnc3c(n2)c(C(=O)N[C@H](C)C(=O)N2CC(C#N)C2)cn3COCC[Si](C)(C)C)c2ccc(F)cn12.CSc1nc(C)c2ccc(F)cn12.C[C@@H](NC(=O)c1cn(COCC[Si](C)(C)C)c2ncc(Br)nc12)C(=O)N1CC(C#N)C1. The second-order valence-electron chi connectivity index (χ2n) is 23.4. The van der Waals surface area contributed by atoms with Gasteiger partial charge in [-0.25, -0.2) is 38.7 Å². The van der Waals surface area contributed by atoms with Crippen LogP contribution in [0.25, 0.3) is 44.7 Å². The summed E-state index contributed by atoms with van der Waals surface area (Å²) in [6.07, 6.45) is 13.1. The molecule has 22 nitrogen and oxygen atoms in total. The van der Waals surface area contributed by atoms with Crippen molar-refractivity contribution in [1.82, 2.24) is 68.3 Å². The number of nitrogens with one attached hydrogen (secondary N) is 2. The van der Waals surface area contributed by atoms with Crippen LogP contribution in [0.3, 0.4) is 0 Å². The summed E-state index contributed by atoms with van der Waals surface area (Å²) in [5, 5.41) is 24.8. The minimum atomic E-state index is -1.29. The van der Waals surface area contributed by atoms with Crippen LogP contribution in [0.15, 0.2) is 76.4 Å². The molecule has 10 heterocycles. The van der Waals surface area contributed by atoms with Crippen LogP contribution in [0.2, 0.25) is 51.4 Å². The number of fused-ring (bicyclic) bond motifs is 4. The van der Waals surface area contributed by atoms with E-state index in [1.807, 2.05) is 19.4 Å². The Balaban J connectivity index is 0.000000190. The molecule has 29 heteroatoms. The predicted molar refractivity (Wildman–Crippen MR) is 334 cm³/mol. The fraction of sp³-hybridized carbons (Fsp3) is 0.439. The summed E-state index contributed by atoms with van der Waals surface area (Å²) < 4.78 is 46.1. The van der Waals surface area contributed by atoms with Crippen LogP contribution in [0.4, 0.5) is 8.78 Å². The van der Waals surface area contributed by atoms with Gasteiger partial charge in [0, 0.05) is 80.3 Å². The summed E-state index contributed by atoms with van der Waals surface area (Å²) in [5.74, 6) is -2.26. The highest BCUT2D eigenvalue weighted by atomic mass is 79.9. The molecule has 0 radical (unpaired) electrons. The summed E-state index contributed by atoms with van der Waals surface area (Å²) in [4.78, 5) is 82.1. The van der Waals surface area contributed by atoms with Gasteiger partial charge in [-0.3, -0.25) is 28.0 Å². The van der Waals surface area contributed by atoms with Crippen molar-refractivity contribution in [3.8, 4) is 23.5 Å². The van der Waals surface area contributed by atoms with Gasteiger partial charge in [0.05, 0.1) is 64.2 Å². The molecule has 0 aromatic carbocycles. The fourth-order valence-electron chi connectivity index (χ4n) is 9.20. The molecular weight excluding hydrogens is 1240 g/mol. The molecule has 2 aliphatic rings. The van der Waals surface area contributed by atoms with Gasteiger partial charge >= 0.3 is 0 Å². The lowest BCUT2D eigenvalue weighted by Crippen LogP contribution is -2.55. The number of hydrogen-bond acceptors (Lipinski definition) is 16. The van der Waals surface area contributed by atoms with Gasteiger partial charge in [0.25, 0.3) is 11.8 Å². The molecule has 0 spiro atoms. The quantitative estimate of drug-likeness (QED) is 0.0434. The Hall–Kier alpha value is -7.13. The third-order valence-corrected chi connectivity index (χ3v) is 19.3. The van der Waals surface area contributed by atoms with Crippen molar-refractivity contribution in [3.63, 3.8) is 0 Å². The molecule has 454 valence electrons. The first-order valence-corrected chi connectivity index (χ1v) is 38.4. The van der Waals surface area contributed by atoms with Gasteiger partial charge in [0.1, 0.15) is 64.2 Å². The van der Waals surface area contributed by atoms with Crippen molar-refractivity contribution >= 4 is 113 Å². The highest BCUT2D eigenvalue weighted by molar-refractivity contribution is 9.10. The number of aryl methyl sites for hydroxylation is 1. The van der Waals surface area contributed by atoms with Gasteiger partial charge in [-0.2, -0.15) is 10.5 Å². The largest absolute Gasteiger partial charge is 0.361 e. The molecule has 0 unspecified atom stereocenters. The molecule has 8 aromatic rings. The summed E-state index contributed by atoms with van der Waals surface area (Å²) in [5.41, 5.74) is 5.82. The van der Waals surface area contributed by atoms with E-state index >= 15 is 0 Å². The lowest BCUT2D eigenvalue weighted by atomic mass is 10.0. The molecule has 8 aromatic heterocycles. The van der Waals surface area contributed by atoms with E-state index in [0.717, 1.165) is 28.5 Å². The lowest BCUT2D eigenvalue weighted by molar-refractivity contribution is -0.138. The van der Waals surface area contributed by atoms with Gasteiger partial charge in [0.2, 0.25) is 11.8 Å². The second-order valence-corrected chi connectivity index (χ2v) is 37.0. The van der Waals surface area contributed by atoms with Crippen molar-refractivity contribution in [2.24, 2.45) is 11.8 Å². The molecule has 0 bridgehead atoms. The van der Waals surface area contributed by atoms with Crippen LogP contribution in [0.1, 0.15) is 40.3 Å². The van der Waals surface area contributed by atoms with E-state index in [2.05, 4.69) is 103 Å². The highest BCUT2D eigenvalue weighted by Gasteiger charge is 2.35. The number of nitriles is 2. The zero-order chi connectivity index (χ0) is 62.4. The van der Waals surface area contributed by atoms with E-state index in [0.29, 0.717) is 93.9 Å². The highest BCUT2D eigenvalue weighted by Crippen LogP contribution is 2.30. The molecule has 0 saturated carbocycles. The Morgan fingerprint density at radius 3 is 1.58 bits per heavy atom. The van der Waals surface area contributed by atoms with Crippen LogP contribution in [0.5, 0.6) is 0 Å². The Bertz CT molecular complexity index is 3910. The second kappa shape index (κ2) is 27.7. The third-order valence-electron chi connectivity index (χ3n) is 14.2. The Morgan fingerprint density at radius 1 is 0.674 bits per heavy atom. The number of aromatic nitrogens is 10. The Kier molecular flexibility index (Phi) is 20.9. The monoisotopic (exact) mass is 1310 g/mol. The lowest BCUT2D eigenvalue weighted by Gasteiger charge is -2.37. The predicted octanol–water partition coefficient (Wildman–Crippen LogP) is 9.13. The molecule has 10 rings (SSSR count). The van der Waals surface area contributed by atoms with Crippen LogP contribution < -0.4 is 10.6 Å². The van der Waals surface area contributed by atoms with E-state index in [9.17, 15) is 28.0 Å². The van der Waals surface area contributed by atoms with E-state index < -0.39 is 45.9 Å². The molecule has 2 fully saturated rings. The maximum absolute atomic E-state index is 14.0. The van der Waals surface area contributed by atoms with Gasteiger partial charge < -0.3 is 39.0 Å².